The highest BCUT2D eigenvalue weighted by Gasteiger charge is 2.07. The average Bonchev–Trinajstić information content (AvgIpc) is 2.82. The van der Waals surface area contributed by atoms with Crippen LogP contribution in [-0.2, 0) is 5.75 Å². The number of rotatable bonds is 6. The van der Waals surface area contributed by atoms with Gasteiger partial charge in [-0.15, -0.1) is 11.8 Å². The lowest BCUT2D eigenvalue weighted by atomic mass is 10.3. The Balaban J connectivity index is 2.04. The molecule has 5 heteroatoms. The second-order valence-electron chi connectivity index (χ2n) is 4.18. The normalized spacial score (nSPS) is 10.7. The molecule has 19 heavy (non-hydrogen) atoms. The van der Waals surface area contributed by atoms with Crippen LogP contribution in [0.5, 0.6) is 0 Å². The van der Waals surface area contributed by atoms with Crippen LogP contribution in [0.2, 0.25) is 5.02 Å². The van der Waals surface area contributed by atoms with E-state index in [4.69, 9.17) is 16.0 Å². The summed E-state index contributed by atoms with van der Waals surface area (Å²) in [7, 11) is 0. The molecule has 0 aromatic carbocycles. The first-order valence-electron chi connectivity index (χ1n) is 6.27. The Bertz CT molecular complexity index is 542. The van der Waals surface area contributed by atoms with E-state index in [2.05, 4.69) is 17.2 Å². The number of pyridine rings is 1. The van der Waals surface area contributed by atoms with Crippen molar-refractivity contribution in [2.24, 2.45) is 0 Å². The summed E-state index contributed by atoms with van der Waals surface area (Å²) >= 11 is 7.87. The molecule has 0 bridgehead atoms. The fourth-order valence-corrected chi connectivity index (χ4v) is 2.77. The second kappa shape index (κ2) is 6.87. The zero-order chi connectivity index (χ0) is 13.7. The summed E-state index contributed by atoms with van der Waals surface area (Å²) in [6, 6.07) is 5.77. The summed E-state index contributed by atoms with van der Waals surface area (Å²) in [6.07, 6.45) is 2.77. The quantitative estimate of drug-likeness (QED) is 0.781. The van der Waals surface area contributed by atoms with Gasteiger partial charge >= 0.3 is 0 Å². The number of hydrogen-bond acceptors (Lipinski definition) is 4. The molecule has 0 aliphatic heterocycles. The van der Waals surface area contributed by atoms with Crippen molar-refractivity contribution in [3.63, 3.8) is 0 Å². The summed E-state index contributed by atoms with van der Waals surface area (Å²) in [5, 5.41) is 3.97. The molecular formula is C14H17ClN2OS. The molecule has 2 aromatic rings. The van der Waals surface area contributed by atoms with Gasteiger partial charge in [0.05, 0.1) is 17.0 Å². The summed E-state index contributed by atoms with van der Waals surface area (Å²) in [5.41, 5.74) is 0.897. The van der Waals surface area contributed by atoms with Crippen LogP contribution in [-0.4, -0.2) is 11.5 Å². The topological polar surface area (TPSA) is 38.1 Å². The molecule has 0 amide bonds. The standard InChI is InChI=1S/C14H17ClN2OS/c1-3-7-16-14-5-4-11(15)12(17-14)9-19-13-6-8-18-10(13)2/h4-6,8H,3,7,9H2,1-2H3,(H,16,17). The van der Waals surface area contributed by atoms with E-state index in [-0.39, 0.29) is 0 Å². The van der Waals surface area contributed by atoms with E-state index in [9.17, 15) is 0 Å². The molecule has 0 aliphatic carbocycles. The van der Waals surface area contributed by atoms with E-state index >= 15 is 0 Å². The van der Waals surface area contributed by atoms with E-state index in [0.717, 1.165) is 40.9 Å². The van der Waals surface area contributed by atoms with Gasteiger partial charge in [-0.2, -0.15) is 0 Å². The Morgan fingerprint density at radius 1 is 1.37 bits per heavy atom. The van der Waals surface area contributed by atoms with Gasteiger partial charge in [-0.25, -0.2) is 4.98 Å². The van der Waals surface area contributed by atoms with Crippen LogP contribution >= 0.6 is 23.4 Å². The smallest absolute Gasteiger partial charge is 0.126 e. The van der Waals surface area contributed by atoms with Crippen LogP contribution in [0.4, 0.5) is 5.82 Å². The molecule has 0 radical (unpaired) electrons. The van der Waals surface area contributed by atoms with Crippen LogP contribution in [0, 0.1) is 6.92 Å². The van der Waals surface area contributed by atoms with Crippen molar-refractivity contribution >= 4 is 29.2 Å². The van der Waals surface area contributed by atoms with E-state index < -0.39 is 0 Å². The molecule has 0 spiro atoms. The molecule has 2 rings (SSSR count). The van der Waals surface area contributed by atoms with Crippen molar-refractivity contribution in [3.05, 3.63) is 40.9 Å². The molecule has 0 fully saturated rings. The van der Waals surface area contributed by atoms with E-state index in [0.29, 0.717) is 5.02 Å². The van der Waals surface area contributed by atoms with Crippen LogP contribution in [0.3, 0.4) is 0 Å². The van der Waals surface area contributed by atoms with E-state index in [1.54, 1.807) is 18.0 Å². The maximum absolute atomic E-state index is 6.18. The number of furan rings is 1. The number of nitrogens with one attached hydrogen (secondary N) is 1. The highest BCUT2D eigenvalue weighted by molar-refractivity contribution is 7.98. The van der Waals surface area contributed by atoms with Crippen molar-refractivity contribution in [1.29, 1.82) is 0 Å². The lowest BCUT2D eigenvalue weighted by Crippen LogP contribution is -2.03. The number of halogens is 1. The molecule has 2 aromatic heterocycles. The molecule has 102 valence electrons. The third kappa shape index (κ3) is 3.91. The lowest BCUT2D eigenvalue weighted by molar-refractivity contribution is 0.527. The molecule has 0 aliphatic rings. The van der Waals surface area contributed by atoms with Gasteiger partial charge in [0.1, 0.15) is 11.6 Å². The second-order valence-corrected chi connectivity index (χ2v) is 5.61. The number of aryl methyl sites for hydroxylation is 1. The maximum atomic E-state index is 6.18. The van der Waals surface area contributed by atoms with Crippen molar-refractivity contribution in [2.75, 3.05) is 11.9 Å². The largest absolute Gasteiger partial charge is 0.468 e. The minimum absolute atomic E-state index is 0.704. The molecular weight excluding hydrogens is 280 g/mol. The first kappa shape index (κ1) is 14.3. The number of hydrogen-bond donors (Lipinski definition) is 1. The van der Waals surface area contributed by atoms with Crippen LogP contribution in [0.25, 0.3) is 0 Å². The monoisotopic (exact) mass is 296 g/mol. The number of thioether (sulfide) groups is 1. The first-order chi connectivity index (χ1) is 9.20. The Morgan fingerprint density at radius 3 is 2.89 bits per heavy atom. The fourth-order valence-electron chi connectivity index (χ4n) is 1.61. The minimum atomic E-state index is 0.704. The average molecular weight is 297 g/mol. The highest BCUT2D eigenvalue weighted by atomic mass is 35.5. The Labute approximate surface area is 122 Å². The first-order valence-corrected chi connectivity index (χ1v) is 7.63. The minimum Gasteiger partial charge on any atom is -0.468 e. The molecule has 0 unspecified atom stereocenters. The van der Waals surface area contributed by atoms with Crippen molar-refractivity contribution in [2.45, 2.75) is 30.9 Å². The van der Waals surface area contributed by atoms with Gasteiger partial charge in [-0.05, 0) is 31.5 Å². The van der Waals surface area contributed by atoms with Crippen molar-refractivity contribution in [1.82, 2.24) is 4.98 Å². The van der Waals surface area contributed by atoms with E-state index in [1.165, 1.54) is 0 Å². The zero-order valence-corrected chi connectivity index (χ0v) is 12.6. The van der Waals surface area contributed by atoms with Crippen LogP contribution in [0.15, 0.2) is 33.8 Å². The number of anilines is 1. The third-order valence-corrected chi connectivity index (χ3v) is 4.15. The van der Waals surface area contributed by atoms with Gasteiger partial charge in [-0.1, -0.05) is 18.5 Å². The van der Waals surface area contributed by atoms with E-state index in [1.807, 2.05) is 25.1 Å². The summed E-state index contributed by atoms with van der Waals surface area (Å²) < 4.78 is 5.27. The highest BCUT2D eigenvalue weighted by Crippen LogP contribution is 2.29. The van der Waals surface area contributed by atoms with Gasteiger partial charge in [0.15, 0.2) is 0 Å². The van der Waals surface area contributed by atoms with Gasteiger partial charge in [0, 0.05) is 17.2 Å². The third-order valence-electron chi connectivity index (χ3n) is 2.65. The molecule has 0 saturated heterocycles. The van der Waals surface area contributed by atoms with Crippen molar-refractivity contribution in [3.8, 4) is 0 Å². The van der Waals surface area contributed by atoms with Gasteiger partial charge in [0.2, 0.25) is 0 Å². The van der Waals surface area contributed by atoms with Crippen LogP contribution in [0.1, 0.15) is 24.8 Å². The fraction of sp³-hybridized carbons (Fsp3) is 0.357. The Kier molecular flexibility index (Phi) is 5.16. The Morgan fingerprint density at radius 2 is 2.21 bits per heavy atom. The molecule has 0 atom stereocenters. The van der Waals surface area contributed by atoms with Gasteiger partial charge < -0.3 is 9.73 Å². The number of nitrogens with zero attached hydrogens (tertiary/aromatic N) is 1. The maximum Gasteiger partial charge on any atom is 0.126 e. The summed E-state index contributed by atoms with van der Waals surface area (Å²) in [6.45, 7) is 5.00. The van der Waals surface area contributed by atoms with Gasteiger partial charge in [-0.3, -0.25) is 0 Å². The predicted octanol–water partition coefficient (Wildman–Crippen LogP) is 4.75. The molecule has 1 N–H and O–H groups in total. The zero-order valence-electron chi connectivity index (χ0n) is 11.1. The predicted molar refractivity (Wildman–Crippen MR) is 81.0 cm³/mol. The molecule has 2 heterocycles. The lowest BCUT2D eigenvalue weighted by Gasteiger charge is -2.08. The van der Waals surface area contributed by atoms with Gasteiger partial charge in [0.25, 0.3) is 0 Å². The summed E-state index contributed by atoms with van der Waals surface area (Å²) in [5.74, 6) is 2.55. The Hall–Kier alpha value is -1.13. The molecule has 0 saturated carbocycles. The van der Waals surface area contributed by atoms with Crippen molar-refractivity contribution < 1.29 is 4.42 Å². The van der Waals surface area contributed by atoms with Crippen LogP contribution < -0.4 is 5.32 Å². The number of aromatic nitrogens is 1. The SMILES string of the molecule is CCCNc1ccc(Cl)c(CSc2ccoc2C)n1. The molecule has 3 nitrogen and oxygen atoms in total. The summed E-state index contributed by atoms with van der Waals surface area (Å²) in [4.78, 5) is 5.67.